The van der Waals surface area contributed by atoms with Gasteiger partial charge in [-0.3, -0.25) is 4.79 Å². The zero-order valence-corrected chi connectivity index (χ0v) is 9.37. The Morgan fingerprint density at radius 2 is 2.47 bits per heavy atom. The molecule has 0 saturated carbocycles. The minimum absolute atomic E-state index is 0.0825. The highest BCUT2D eigenvalue weighted by Crippen LogP contribution is 2.18. The van der Waals surface area contributed by atoms with E-state index in [0.717, 1.165) is 39.1 Å². The van der Waals surface area contributed by atoms with Crippen LogP contribution >= 0.6 is 0 Å². The van der Waals surface area contributed by atoms with E-state index in [-0.39, 0.29) is 12.0 Å². The van der Waals surface area contributed by atoms with Crippen molar-refractivity contribution >= 4 is 5.91 Å². The highest BCUT2D eigenvalue weighted by molar-refractivity contribution is 5.77. The number of ether oxygens (including phenoxy) is 1. The van der Waals surface area contributed by atoms with Crippen molar-refractivity contribution in [3.8, 4) is 0 Å². The average Bonchev–Trinajstić information content (AvgIpc) is 2.66. The normalized spacial score (nSPS) is 31.9. The maximum atomic E-state index is 11.9. The predicted octanol–water partition coefficient (Wildman–Crippen LogP) is 0.376. The Balaban J connectivity index is 1.80. The molecule has 4 heteroatoms. The molecule has 0 aromatic carbocycles. The Bertz CT molecular complexity index is 227. The Kier molecular flexibility index (Phi) is 3.59. The molecule has 2 aliphatic rings. The second-order valence-corrected chi connectivity index (χ2v) is 4.48. The van der Waals surface area contributed by atoms with Gasteiger partial charge >= 0.3 is 0 Å². The lowest BCUT2D eigenvalue weighted by molar-refractivity contribution is -0.135. The molecule has 2 rings (SSSR count). The van der Waals surface area contributed by atoms with E-state index in [1.165, 1.54) is 0 Å². The molecule has 2 unspecified atom stereocenters. The number of nitrogens with one attached hydrogen (secondary N) is 1. The zero-order valence-electron chi connectivity index (χ0n) is 9.37. The number of amides is 1. The zero-order chi connectivity index (χ0) is 10.7. The van der Waals surface area contributed by atoms with Crippen LogP contribution < -0.4 is 5.32 Å². The number of morpholine rings is 1. The molecule has 1 N–H and O–H groups in total. The molecular weight excluding hydrogens is 192 g/mol. The van der Waals surface area contributed by atoms with Crippen LogP contribution in [-0.4, -0.2) is 49.2 Å². The van der Waals surface area contributed by atoms with Gasteiger partial charge < -0.3 is 15.0 Å². The van der Waals surface area contributed by atoms with Crippen LogP contribution in [0.3, 0.4) is 0 Å². The number of carbonyl (C=O) groups is 1. The predicted molar refractivity (Wildman–Crippen MR) is 57.6 cm³/mol. The van der Waals surface area contributed by atoms with Crippen molar-refractivity contribution < 1.29 is 9.53 Å². The third-order valence-corrected chi connectivity index (χ3v) is 3.28. The SMILES string of the molecule is CC1CCCN1C(=O)CC1CNCCO1. The van der Waals surface area contributed by atoms with Crippen molar-refractivity contribution in [2.24, 2.45) is 0 Å². The largest absolute Gasteiger partial charge is 0.375 e. The van der Waals surface area contributed by atoms with Crippen LogP contribution in [0.2, 0.25) is 0 Å². The Morgan fingerprint density at radius 3 is 3.07 bits per heavy atom. The van der Waals surface area contributed by atoms with Crippen molar-refractivity contribution in [2.45, 2.75) is 38.3 Å². The summed E-state index contributed by atoms with van der Waals surface area (Å²) in [5.41, 5.74) is 0. The topological polar surface area (TPSA) is 41.6 Å². The van der Waals surface area contributed by atoms with E-state index in [4.69, 9.17) is 4.74 Å². The first kappa shape index (κ1) is 10.9. The summed E-state index contributed by atoms with van der Waals surface area (Å²) in [5.74, 6) is 0.258. The summed E-state index contributed by atoms with van der Waals surface area (Å²) in [4.78, 5) is 13.9. The van der Waals surface area contributed by atoms with Crippen LogP contribution in [0.1, 0.15) is 26.2 Å². The molecule has 0 radical (unpaired) electrons. The van der Waals surface area contributed by atoms with E-state index in [0.29, 0.717) is 12.5 Å². The molecular formula is C11H20N2O2. The van der Waals surface area contributed by atoms with Gasteiger partial charge in [-0.2, -0.15) is 0 Å². The van der Waals surface area contributed by atoms with Gasteiger partial charge in [0.25, 0.3) is 0 Å². The molecule has 0 aromatic rings. The van der Waals surface area contributed by atoms with Crippen LogP contribution in [0.5, 0.6) is 0 Å². The highest BCUT2D eigenvalue weighted by atomic mass is 16.5. The maximum Gasteiger partial charge on any atom is 0.225 e. The molecule has 2 atom stereocenters. The average molecular weight is 212 g/mol. The molecule has 86 valence electrons. The third-order valence-electron chi connectivity index (χ3n) is 3.28. The van der Waals surface area contributed by atoms with E-state index in [1.807, 2.05) is 4.90 Å². The Morgan fingerprint density at radius 1 is 1.60 bits per heavy atom. The molecule has 0 aromatic heterocycles. The number of hydrogen-bond acceptors (Lipinski definition) is 3. The molecule has 4 nitrogen and oxygen atoms in total. The fourth-order valence-electron chi connectivity index (χ4n) is 2.37. The lowest BCUT2D eigenvalue weighted by atomic mass is 10.2. The first-order valence-corrected chi connectivity index (χ1v) is 5.89. The van der Waals surface area contributed by atoms with Gasteiger partial charge in [0.05, 0.1) is 19.1 Å². The molecule has 0 spiro atoms. The van der Waals surface area contributed by atoms with Crippen molar-refractivity contribution in [1.29, 1.82) is 0 Å². The van der Waals surface area contributed by atoms with E-state index in [2.05, 4.69) is 12.2 Å². The summed E-state index contributed by atoms with van der Waals surface area (Å²) in [7, 11) is 0. The van der Waals surface area contributed by atoms with Crippen LogP contribution in [0.4, 0.5) is 0 Å². The van der Waals surface area contributed by atoms with E-state index in [9.17, 15) is 4.79 Å². The van der Waals surface area contributed by atoms with Gasteiger partial charge in [-0.1, -0.05) is 0 Å². The fraction of sp³-hybridized carbons (Fsp3) is 0.909. The first-order chi connectivity index (χ1) is 7.27. The molecule has 0 aliphatic carbocycles. The minimum Gasteiger partial charge on any atom is -0.375 e. The number of nitrogens with zero attached hydrogens (tertiary/aromatic N) is 1. The van der Waals surface area contributed by atoms with Gasteiger partial charge in [-0.25, -0.2) is 0 Å². The van der Waals surface area contributed by atoms with Gasteiger partial charge in [0.2, 0.25) is 5.91 Å². The fourth-order valence-corrected chi connectivity index (χ4v) is 2.37. The van der Waals surface area contributed by atoms with Crippen molar-refractivity contribution in [3.63, 3.8) is 0 Å². The van der Waals surface area contributed by atoms with Crippen LogP contribution in [0, 0.1) is 0 Å². The molecule has 2 fully saturated rings. The quantitative estimate of drug-likeness (QED) is 0.719. The van der Waals surface area contributed by atoms with Crippen molar-refractivity contribution in [3.05, 3.63) is 0 Å². The number of hydrogen-bond donors (Lipinski definition) is 1. The van der Waals surface area contributed by atoms with Crippen LogP contribution in [-0.2, 0) is 9.53 Å². The standard InChI is InChI=1S/C11H20N2O2/c1-9-3-2-5-13(9)11(14)7-10-8-12-4-6-15-10/h9-10,12H,2-8H2,1H3. The van der Waals surface area contributed by atoms with Gasteiger partial charge in [0.15, 0.2) is 0 Å². The third kappa shape index (κ3) is 2.69. The molecule has 15 heavy (non-hydrogen) atoms. The monoisotopic (exact) mass is 212 g/mol. The van der Waals surface area contributed by atoms with Crippen molar-refractivity contribution in [1.82, 2.24) is 10.2 Å². The van der Waals surface area contributed by atoms with Gasteiger partial charge in [-0.05, 0) is 19.8 Å². The summed E-state index contributed by atoms with van der Waals surface area (Å²) in [6, 6.07) is 0.425. The highest BCUT2D eigenvalue weighted by Gasteiger charge is 2.27. The summed E-state index contributed by atoms with van der Waals surface area (Å²) < 4.78 is 5.53. The van der Waals surface area contributed by atoms with E-state index in [1.54, 1.807) is 0 Å². The summed E-state index contributed by atoms with van der Waals surface area (Å²) in [6.07, 6.45) is 2.92. The molecule has 1 amide bonds. The summed E-state index contributed by atoms with van der Waals surface area (Å²) >= 11 is 0. The van der Waals surface area contributed by atoms with E-state index < -0.39 is 0 Å². The second kappa shape index (κ2) is 4.94. The summed E-state index contributed by atoms with van der Waals surface area (Å²) in [5, 5.41) is 3.25. The number of carbonyl (C=O) groups excluding carboxylic acids is 1. The minimum atomic E-state index is 0.0825. The van der Waals surface area contributed by atoms with Gasteiger partial charge in [-0.15, -0.1) is 0 Å². The number of likely N-dealkylation sites (tertiary alicyclic amines) is 1. The van der Waals surface area contributed by atoms with Gasteiger partial charge in [0, 0.05) is 25.7 Å². The van der Waals surface area contributed by atoms with Crippen LogP contribution in [0.25, 0.3) is 0 Å². The summed E-state index contributed by atoms with van der Waals surface area (Å²) in [6.45, 7) is 5.51. The number of rotatable bonds is 2. The maximum absolute atomic E-state index is 11.9. The molecule has 0 bridgehead atoms. The first-order valence-electron chi connectivity index (χ1n) is 5.89. The molecule has 2 heterocycles. The van der Waals surface area contributed by atoms with E-state index >= 15 is 0 Å². The smallest absolute Gasteiger partial charge is 0.225 e. The van der Waals surface area contributed by atoms with Gasteiger partial charge in [0.1, 0.15) is 0 Å². The Labute approximate surface area is 91.0 Å². The molecule has 2 saturated heterocycles. The lowest BCUT2D eigenvalue weighted by Crippen LogP contribution is -2.43. The second-order valence-electron chi connectivity index (χ2n) is 4.48. The van der Waals surface area contributed by atoms with Crippen molar-refractivity contribution in [2.75, 3.05) is 26.2 Å². The molecule has 2 aliphatic heterocycles. The van der Waals surface area contributed by atoms with Crippen LogP contribution in [0.15, 0.2) is 0 Å². The lowest BCUT2D eigenvalue weighted by Gasteiger charge is -2.27. The Hall–Kier alpha value is -0.610.